The van der Waals surface area contributed by atoms with E-state index in [2.05, 4.69) is 17.2 Å². The first-order chi connectivity index (χ1) is 7.77. The molecule has 0 bridgehead atoms. The van der Waals surface area contributed by atoms with Gasteiger partial charge in [-0.25, -0.2) is 4.39 Å². The highest BCUT2D eigenvalue weighted by molar-refractivity contribution is 5.20. The highest BCUT2D eigenvalue weighted by Gasteiger charge is 2.07. The second-order valence-corrected chi connectivity index (χ2v) is 3.47. The summed E-state index contributed by atoms with van der Waals surface area (Å²) in [6, 6.07) is 6.48. The predicted molar refractivity (Wildman–Crippen MR) is 64.3 cm³/mol. The average Bonchev–Trinajstić information content (AvgIpc) is 2.31. The maximum atomic E-state index is 12.7. The molecule has 1 unspecified atom stereocenters. The number of benzene rings is 1. The molecule has 0 spiro atoms. The standard InChI is InChI=1S/C13H17FN2/c1-2-3-4-9-16-13(10-15)11-5-7-12(14)8-6-11/h5-8,13,16H,4,9-10,15H2,1H3. The van der Waals surface area contributed by atoms with Crippen LogP contribution in [0.1, 0.15) is 24.9 Å². The summed E-state index contributed by atoms with van der Waals surface area (Å²) >= 11 is 0. The first kappa shape index (κ1) is 12.7. The normalized spacial score (nSPS) is 11.7. The molecule has 0 aliphatic heterocycles. The molecule has 0 aromatic heterocycles. The molecule has 1 aromatic carbocycles. The van der Waals surface area contributed by atoms with Crippen LogP contribution in [-0.2, 0) is 0 Å². The van der Waals surface area contributed by atoms with Gasteiger partial charge in [-0.15, -0.1) is 11.8 Å². The van der Waals surface area contributed by atoms with Crippen molar-refractivity contribution in [3.63, 3.8) is 0 Å². The predicted octanol–water partition coefficient (Wildman–Crippen LogP) is 1.83. The molecule has 86 valence electrons. The highest BCUT2D eigenvalue weighted by Crippen LogP contribution is 2.12. The van der Waals surface area contributed by atoms with E-state index in [1.165, 1.54) is 12.1 Å². The topological polar surface area (TPSA) is 38.0 Å². The minimum absolute atomic E-state index is 0.0688. The minimum Gasteiger partial charge on any atom is -0.329 e. The van der Waals surface area contributed by atoms with E-state index in [4.69, 9.17) is 5.73 Å². The number of hydrogen-bond acceptors (Lipinski definition) is 2. The van der Waals surface area contributed by atoms with Gasteiger partial charge in [0.25, 0.3) is 0 Å². The van der Waals surface area contributed by atoms with Crippen LogP contribution in [0.4, 0.5) is 4.39 Å². The van der Waals surface area contributed by atoms with Crippen LogP contribution < -0.4 is 11.1 Å². The molecule has 0 aliphatic carbocycles. The summed E-state index contributed by atoms with van der Waals surface area (Å²) in [7, 11) is 0. The van der Waals surface area contributed by atoms with Gasteiger partial charge in [-0.3, -0.25) is 0 Å². The zero-order valence-electron chi connectivity index (χ0n) is 9.46. The third-order valence-electron chi connectivity index (χ3n) is 2.33. The van der Waals surface area contributed by atoms with Crippen LogP contribution in [0.5, 0.6) is 0 Å². The van der Waals surface area contributed by atoms with Crippen LogP contribution in [0.25, 0.3) is 0 Å². The van der Waals surface area contributed by atoms with E-state index < -0.39 is 0 Å². The minimum atomic E-state index is -0.226. The number of halogens is 1. The van der Waals surface area contributed by atoms with Gasteiger partial charge >= 0.3 is 0 Å². The van der Waals surface area contributed by atoms with Crippen LogP contribution >= 0.6 is 0 Å². The first-order valence-corrected chi connectivity index (χ1v) is 5.36. The Kier molecular flexibility index (Phi) is 5.55. The van der Waals surface area contributed by atoms with Crippen molar-refractivity contribution in [2.75, 3.05) is 13.1 Å². The molecular weight excluding hydrogens is 203 g/mol. The van der Waals surface area contributed by atoms with E-state index in [-0.39, 0.29) is 11.9 Å². The van der Waals surface area contributed by atoms with Crippen LogP contribution in [0, 0.1) is 17.7 Å². The molecule has 0 saturated heterocycles. The fourth-order valence-corrected chi connectivity index (χ4v) is 1.47. The molecule has 3 heteroatoms. The Morgan fingerprint density at radius 3 is 2.62 bits per heavy atom. The number of nitrogens with two attached hydrogens (primary N) is 1. The molecule has 1 atom stereocenters. The van der Waals surface area contributed by atoms with Crippen LogP contribution in [0.2, 0.25) is 0 Å². The third kappa shape index (κ3) is 4.01. The lowest BCUT2D eigenvalue weighted by Crippen LogP contribution is -2.28. The van der Waals surface area contributed by atoms with Crippen molar-refractivity contribution < 1.29 is 4.39 Å². The lowest BCUT2D eigenvalue weighted by Gasteiger charge is -2.16. The summed E-state index contributed by atoms with van der Waals surface area (Å²) in [5.74, 6) is 5.59. The van der Waals surface area contributed by atoms with Gasteiger partial charge in [0.1, 0.15) is 5.82 Å². The largest absolute Gasteiger partial charge is 0.329 e. The maximum Gasteiger partial charge on any atom is 0.123 e. The fraction of sp³-hybridized carbons (Fsp3) is 0.385. The molecular formula is C13H17FN2. The Hall–Kier alpha value is -1.37. The van der Waals surface area contributed by atoms with Gasteiger partial charge in [0.2, 0.25) is 0 Å². The van der Waals surface area contributed by atoms with Crippen molar-refractivity contribution >= 4 is 0 Å². The Labute approximate surface area is 96.0 Å². The SMILES string of the molecule is CC#CCCNC(CN)c1ccc(F)cc1. The van der Waals surface area contributed by atoms with E-state index in [9.17, 15) is 4.39 Å². The van der Waals surface area contributed by atoms with E-state index >= 15 is 0 Å². The monoisotopic (exact) mass is 220 g/mol. The molecule has 0 radical (unpaired) electrons. The van der Waals surface area contributed by atoms with Crippen LogP contribution in [0.15, 0.2) is 24.3 Å². The van der Waals surface area contributed by atoms with E-state index in [1.54, 1.807) is 12.1 Å². The highest BCUT2D eigenvalue weighted by atomic mass is 19.1. The Balaban J connectivity index is 2.52. The molecule has 0 aliphatic rings. The van der Waals surface area contributed by atoms with Gasteiger partial charge in [0.05, 0.1) is 0 Å². The number of hydrogen-bond donors (Lipinski definition) is 2. The van der Waals surface area contributed by atoms with Gasteiger partial charge in [-0.1, -0.05) is 12.1 Å². The summed E-state index contributed by atoms with van der Waals surface area (Å²) in [6.45, 7) is 3.10. The summed E-state index contributed by atoms with van der Waals surface area (Å²) in [5, 5.41) is 3.29. The third-order valence-corrected chi connectivity index (χ3v) is 2.33. The first-order valence-electron chi connectivity index (χ1n) is 5.36. The average molecular weight is 220 g/mol. The Morgan fingerprint density at radius 2 is 2.06 bits per heavy atom. The van der Waals surface area contributed by atoms with Crippen LogP contribution in [0.3, 0.4) is 0 Å². The van der Waals surface area contributed by atoms with Crippen molar-refractivity contribution in [1.82, 2.24) is 5.32 Å². The Bertz CT molecular complexity index is 362. The fourth-order valence-electron chi connectivity index (χ4n) is 1.47. The molecule has 0 amide bonds. The summed E-state index contributed by atoms with van der Waals surface area (Å²) in [4.78, 5) is 0. The second kappa shape index (κ2) is 7.00. The molecule has 0 fully saturated rings. The zero-order valence-corrected chi connectivity index (χ0v) is 9.46. The lowest BCUT2D eigenvalue weighted by atomic mass is 10.1. The quantitative estimate of drug-likeness (QED) is 0.587. The van der Waals surface area contributed by atoms with Crippen molar-refractivity contribution in [1.29, 1.82) is 0 Å². The zero-order chi connectivity index (χ0) is 11.8. The van der Waals surface area contributed by atoms with Gasteiger partial charge in [-0.2, -0.15) is 0 Å². The molecule has 0 saturated carbocycles. The molecule has 3 N–H and O–H groups in total. The lowest BCUT2D eigenvalue weighted by molar-refractivity contribution is 0.548. The van der Waals surface area contributed by atoms with Gasteiger partial charge in [-0.05, 0) is 24.6 Å². The van der Waals surface area contributed by atoms with E-state index in [0.29, 0.717) is 6.54 Å². The van der Waals surface area contributed by atoms with Crippen LogP contribution in [-0.4, -0.2) is 13.1 Å². The smallest absolute Gasteiger partial charge is 0.123 e. The summed E-state index contributed by atoms with van der Waals surface area (Å²) in [6.07, 6.45) is 0.800. The maximum absolute atomic E-state index is 12.7. The van der Waals surface area contributed by atoms with Gasteiger partial charge in [0.15, 0.2) is 0 Å². The number of nitrogens with one attached hydrogen (secondary N) is 1. The summed E-state index contributed by atoms with van der Waals surface area (Å²) in [5.41, 5.74) is 6.67. The van der Waals surface area contributed by atoms with Gasteiger partial charge in [0, 0.05) is 25.6 Å². The van der Waals surface area contributed by atoms with E-state index in [0.717, 1.165) is 18.5 Å². The molecule has 0 heterocycles. The summed E-state index contributed by atoms with van der Waals surface area (Å²) < 4.78 is 12.7. The molecule has 1 aromatic rings. The van der Waals surface area contributed by atoms with Crippen molar-refractivity contribution in [3.8, 4) is 11.8 Å². The van der Waals surface area contributed by atoms with Gasteiger partial charge < -0.3 is 11.1 Å². The Morgan fingerprint density at radius 1 is 1.38 bits per heavy atom. The molecule has 16 heavy (non-hydrogen) atoms. The van der Waals surface area contributed by atoms with Crippen molar-refractivity contribution in [3.05, 3.63) is 35.6 Å². The molecule has 2 nitrogen and oxygen atoms in total. The van der Waals surface area contributed by atoms with Crippen molar-refractivity contribution in [2.24, 2.45) is 5.73 Å². The van der Waals surface area contributed by atoms with E-state index in [1.807, 2.05) is 6.92 Å². The van der Waals surface area contributed by atoms with Crippen molar-refractivity contribution in [2.45, 2.75) is 19.4 Å². The molecule has 1 rings (SSSR count). The second-order valence-electron chi connectivity index (χ2n) is 3.47. The number of rotatable bonds is 5.